The van der Waals surface area contributed by atoms with Crippen LogP contribution in [0.2, 0.25) is 0 Å². The molecule has 4 aromatic rings. The molecular formula is C24H23N3O2. The quantitative estimate of drug-likeness (QED) is 0.499. The van der Waals surface area contributed by atoms with Crippen LogP contribution >= 0.6 is 0 Å². The molecule has 146 valence electrons. The van der Waals surface area contributed by atoms with E-state index in [1.165, 1.54) is 4.68 Å². The number of aromatic nitrogens is 2. The molecule has 0 amide bonds. The molecule has 0 saturated carbocycles. The minimum Gasteiger partial charge on any atom is -0.383 e. The Morgan fingerprint density at radius 3 is 2.45 bits per heavy atom. The molecule has 0 radical (unpaired) electrons. The van der Waals surface area contributed by atoms with Gasteiger partial charge in [-0.1, -0.05) is 54.6 Å². The van der Waals surface area contributed by atoms with Gasteiger partial charge in [-0.25, -0.2) is 0 Å². The number of nitrogens with zero attached hydrogens (tertiary/aromatic N) is 2. The molecule has 0 aliphatic heterocycles. The zero-order valence-electron chi connectivity index (χ0n) is 16.6. The molecule has 4 rings (SSSR count). The summed E-state index contributed by atoms with van der Waals surface area (Å²) in [5.41, 5.74) is 4.30. The highest BCUT2D eigenvalue weighted by molar-refractivity contribution is 5.93. The molecule has 1 heterocycles. The van der Waals surface area contributed by atoms with Crippen LogP contribution in [0.25, 0.3) is 27.7 Å². The average molecular weight is 385 g/mol. The van der Waals surface area contributed by atoms with Gasteiger partial charge in [-0.15, -0.1) is 0 Å². The van der Waals surface area contributed by atoms with Crippen molar-refractivity contribution in [2.75, 3.05) is 25.6 Å². The molecule has 5 heteroatoms. The van der Waals surface area contributed by atoms with Gasteiger partial charge >= 0.3 is 0 Å². The highest BCUT2D eigenvalue weighted by Gasteiger charge is 2.14. The molecular weight excluding hydrogens is 362 g/mol. The van der Waals surface area contributed by atoms with Crippen molar-refractivity contribution in [3.63, 3.8) is 0 Å². The molecule has 0 aliphatic carbocycles. The summed E-state index contributed by atoms with van der Waals surface area (Å²) >= 11 is 0. The molecule has 0 fully saturated rings. The van der Waals surface area contributed by atoms with Gasteiger partial charge in [0.1, 0.15) is 0 Å². The first-order valence-electron chi connectivity index (χ1n) is 9.60. The standard InChI is InChI=1S/C24H23N3O2/c1-17-12-13-19(25-14-15-29-2)16-22(17)27-24(28)21-11-7-6-10-20(21)23(26-27)18-8-4-3-5-9-18/h3-13,16,25H,14-15H2,1-2H3. The largest absolute Gasteiger partial charge is 0.383 e. The maximum absolute atomic E-state index is 13.3. The number of anilines is 1. The monoisotopic (exact) mass is 385 g/mol. The SMILES string of the molecule is COCCNc1ccc(C)c(-n2nc(-c3ccccc3)c3ccccc3c2=O)c1. The van der Waals surface area contributed by atoms with E-state index in [4.69, 9.17) is 9.84 Å². The van der Waals surface area contributed by atoms with Crippen molar-refractivity contribution in [1.29, 1.82) is 0 Å². The second-order valence-corrected chi connectivity index (χ2v) is 6.90. The smallest absolute Gasteiger partial charge is 0.279 e. The van der Waals surface area contributed by atoms with E-state index >= 15 is 0 Å². The molecule has 5 nitrogen and oxygen atoms in total. The number of benzene rings is 3. The lowest BCUT2D eigenvalue weighted by molar-refractivity contribution is 0.211. The van der Waals surface area contributed by atoms with Gasteiger partial charge in [0.05, 0.1) is 23.4 Å². The number of hydrogen-bond donors (Lipinski definition) is 1. The lowest BCUT2D eigenvalue weighted by atomic mass is 10.0. The number of ether oxygens (including phenoxy) is 1. The first-order valence-corrected chi connectivity index (χ1v) is 9.60. The summed E-state index contributed by atoms with van der Waals surface area (Å²) < 4.78 is 6.62. The van der Waals surface area contributed by atoms with Gasteiger partial charge < -0.3 is 10.1 Å². The molecule has 0 spiro atoms. The lowest BCUT2D eigenvalue weighted by Gasteiger charge is -2.15. The van der Waals surface area contributed by atoms with Crippen LogP contribution in [0.5, 0.6) is 0 Å². The molecule has 0 saturated heterocycles. The third-order valence-corrected chi connectivity index (χ3v) is 4.92. The van der Waals surface area contributed by atoms with Crippen molar-refractivity contribution in [1.82, 2.24) is 9.78 Å². The summed E-state index contributed by atoms with van der Waals surface area (Å²) in [7, 11) is 1.67. The van der Waals surface area contributed by atoms with Gasteiger partial charge in [0.25, 0.3) is 5.56 Å². The Balaban J connectivity index is 1.92. The van der Waals surface area contributed by atoms with E-state index in [-0.39, 0.29) is 5.56 Å². The highest BCUT2D eigenvalue weighted by atomic mass is 16.5. The molecule has 29 heavy (non-hydrogen) atoms. The Bertz CT molecular complexity index is 1200. The molecule has 1 N–H and O–H groups in total. The molecule has 3 aromatic carbocycles. The van der Waals surface area contributed by atoms with Crippen LogP contribution in [0, 0.1) is 6.92 Å². The summed E-state index contributed by atoms with van der Waals surface area (Å²) in [6.45, 7) is 3.28. The van der Waals surface area contributed by atoms with Crippen molar-refractivity contribution in [2.24, 2.45) is 0 Å². The Kier molecular flexibility index (Phi) is 5.40. The number of hydrogen-bond acceptors (Lipinski definition) is 4. The van der Waals surface area contributed by atoms with E-state index in [1.54, 1.807) is 7.11 Å². The Morgan fingerprint density at radius 1 is 0.966 bits per heavy atom. The zero-order chi connectivity index (χ0) is 20.2. The van der Waals surface area contributed by atoms with Crippen LogP contribution < -0.4 is 10.9 Å². The van der Waals surface area contributed by atoms with Gasteiger partial charge in [0.15, 0.2) is 0 Å². The molecule has 0 unspecified atom stereocenters. The fraction of sp³-hybridized carbons (Fsp3) is 0.167. The molecule has 1 aromatic heterocycles. The van der Waals surface area contributed by atoms with E-state index in [9.17, 15) is 4.79 Å². The summed E-state index contributed by atoms with van der Waals surface area (Å²) in [4.78, 5) is 13.3. The van der Waals surface area contributed by atoms with Gasteiger partial charge in [0.2, 0.25) is 0 Å². The van der Waals surface area contributed by atoms with Gasteiger partial charge in [-0.2, -0.15) is 9.78 Å². The van der Waals surface area contributed by atoms with Gasteiger partial charge in [-0.3, -0.25) is 4.79 Å². The molecule has 0 aliphatic rings. The fourth-order valence-electron chi connectivity index (χ4n) is 3.41. The van der Waals surface area contributed by atoms with Crippen LogP contribution in [-0.4, -0.2) is 30.0 Å². The van der Waals surface area contributed by atoms with Crippen LogP contribution in [0.3, 0.4) is 0 Å². The van der Waals surface area contributed by atoms with Crippen molar-refractivity contribution < 1.29 is 4.74 Å². The second kappa shape index (κ2) is 8.29. The first kappa shape index (κ1) is 18.9. The van der Waals surface area contributed by atoms with Crippen molar-refractivity contribution in [3.8, 4) is 16.9 Å². The summed E-state index contributed by atoms with van der Waals surface area (Å²) in [6, 6.07) is 23.5. The minimum atomic E-state index is -0.127. The number of methoxy groups -OCH3 is 1. The number of fused-ring (bicyclic) bond motifs is 1. The highest BCUT2D eigenvalue weighted by Crippen LogP contribution is 2.26. The number of aryl methyl sites for hydroxylation is 1. The summed E-state index contributed by atoms with van der Waals surface area (Å²) in [6.07, 6.45) is 0. The maximum Gasteiger partial charge on any atom is 0.279 e. The summed E-state index contributed by atoms with van der Waals surface area (Å²) in [5.74, 6) is 0. The van der Waals surface area contributed by atoms with Crippen molar-refractivity contribution in [3.05, 3.63) is 88.7 Å². The minimum absolute atomic E-state index is 0.127. The summed E-state index contributed by atoms with van der Waals surface area (Å²) in [5, 5.41) is 9.61. The van der Waals surface area contributed by atoms with Gasteiger partial charge in [-0.05, 0) is 30.7 Å². The fourth-order valence-corrected chi connectivity index (χ4v) is 3.41. The lowest BCUT2D eigenvalue weighted by Crippen LogP contribution is -2.23. The van der Waals surface area contributed by atoms with E-state index in [2.05, 4.69) is 5.32 Å². The number of nitrogens with one attached hydrogen (secondary N) is 1. The third-order valence-electron chi connectivity index (χ3n) is 4.92. The van der Waals surface area contributed by atoms with E-state index in [1.807, 2.05) is 79.7 Å². The average Bonchev–Trinajstić information content (AvgIpc) is 2.76. The Morgan fingerprint density at radius 2 is 1.69 bits per heavy atom. The van der Waals surface area contributed by atoms with Crippen LogP contribution in [0.4, 0.5) is 5.69 Å². The third kappa shape index (κ3) is 3.77. The van der Waals surface area contributed by atoms with Crippen molar-refractivity contribution >= 4 is 16.5 Å². The molecule has 0 bridgehead atoms. The Hall–Kier alpha value is -3.44. The topological polar surface area (TPSA) is 56.1 Å². The van der Waals surface area contributed by atoms with E-state index in [0.717, 1.165) is 33.6 Å². The van der Waals surface area contributed by atoms with Crippen molar-refractivity contribution in [2.45, 2.75) is 6.92 Å². The van der Waals surface area contributed by atoms with Crippen LogP contribution in [0.1, 0.15) is 5.56 Å². The Labute approximate surface area is 169 Å². The second-order valence-electron chi connectivity index (χ2n) is 6.90. The van der Waals surface area contributed by atoms with E-state index in [0.29, 0.717) is 18.5 Å². The predicted molar refractivity (Wildman–Crippen MR) is 118 cm³/mol. The number of rotatable bonds is 6. The zero-order valence-corrected chi connectivity index (χ0v) is 16.6. The molecule has 0 atom stereocenters. The maximum atomic E-state index is 13.3. The normalized spacial score (nSPS) is 11.0. The van der Waals surface area contributed by atoms with Crippen LogP contribution in [0.15, 0.2) is 77.6 Å². The first-order chi connectivity index (χ1) is 14.2. The van der Waals surface area contributed by atoms with E-state index < -0.39 is 0 Å². The predicted octanol–water partition coefficient (Wildman–Crippen LogP) is 4.42. The van der Waals surface area contributed by atoms with Crippen LogP contribution in [-0.2, 0) is 4.74 Å². The van der Waals surface area contributed by atoms with Gasteiger partial charge in [0, 0.05) is 30.3 Å².